The fraction of sp³-hybridized carbons (Fsp3) is 0.667. The lowest BCUT2D eigenvalue weighted by molar-refractivity contribution is 0.232. The van der Waals surface area contributed by atoms with Crippen molar-refractivity contribution in [2.75, 3.05) is 6.61 Å². The Kier molecular flexibility index (Phi) is 4.30. The average molecular weight is 131 g/mol. The molecule has 0 bridgehead atoms. The highest BCUT2D eigenvalue weighted by Gasteiger charge is 2.13. The van der Waals surface area contributed by atoms with Gasteiger partial charge in [0.25, 0.3) is 0 Å². The molecule has 3 N–H and O–H groups in total. The van der Waals surface area contributed by atoms with E-state index in [-0.39, 0.29) is 0 Å². The summed E-state index contributed by atoms with van der Waals surface area (Å²) < 4.78 is 4.71. The Labute approximate surface area is 55.1 Å². The number of aliphatic hydroxyl groups excluding tert-OH is 1. The highest BCUT2D eigenvalue weighted by atomic mass is 16.6. The van der Waals surface area contributed by atoms with Gasteiger partial charge in [0.1, 0.15) is 6.23 Å². The number of rotatable bonds is 1. The second-order valence-electron chi connectivity index (χ2n) is 1.87. The number of aliphatic hydroxyl groups is 1. The van der Waals surface area contributed by atoms with Crippen molar-refractivity contribution < 1.29 is 9.84 Å². The van der Waals surface area contributed by atoms with E-state index in [1.807, 2.05) is 0 Å². The summed E-state index contributed by atoms with van der Waals surface area (Å²) in [7, 11) is 0. The van der Waals surface area contributed by atoms with Crippen molar-refractivity contribution >= 4 is 0 Å². The van der Waals surface area contributed by atoms with Crippen molar-refractivity contribution in [2.24, 2.45) is 5.73 Å². The molecule has 1 aliphatic rings. The van der Waals surface area contributed by atoms with E-state index < -0.39 is 6.23 Å². The molecular formula is C6H13NO2. The van der Waals surface area contributed by atoms with E-state index in [1.54, 1.807) is 0 Å². The Hall–Kier alpha value is -0.380. The van der Waals surface area contributed by atoms with Gasteiger partial charge in [0.15, 0.2) is 0 Å². The van der Waals surface area contributed by atoms with Gasteiger partial charge in [0, 0.05) is 0 Å². The van der Waals surface area contributed by atoms with Crippen LogP contribution in [0.2, 0.25) is 0 Å². The summed E-state index contributed by atoms with van der Waals surface area (Å²) in [6.45, 7) is 6.23. The molecule has 0 radical (unpaired) electrons. The van der Waals surface area contributed by atoms with E-state index in [4.69, 9.17) is 15.6 Å². The smallest absolute Gasteiger partial charge is 0.121 e. The van der Waals surface area contributed by atoms with Gasteiger partial charge in [-0.2, -0.15) is 0 Å². The van der Waals surface area contributed by atoms with E-state index in [1.165, 1.54) is 6.08 Å². The maximum atomic E-state index is 8.02. The second kappa shape index (κ2) is 4.49. The highest BCUT2D eigenvalue weighted by molar-refractivity contribution is 4.70. The van der Waals surface area contributed by atoms with Crippen LogP contribution in [0.4, 0.5) is 0 Å². The molecule has 54 valence electrons. The number of epoxide rings is 1. The first-order valence-corrected chi connectivity index (χ1v) is 2.84. The first kappa shape index (κ1) is 8.62. The fourth-order valence-electron chi connectivity index (χ4n) is 0.0962. The highest BCUT2D eigenvalue weighted by Crippen LogP contribution is 2.04. The van der Waals surface area contributed by atoms with Crippen molar-refractivity contribution in [1.82, 2.24) is 0 Å². The van der Waals surface area contributed by atoms with Crippen LogP contribution in [0, 0.1) is 0 Å². The van der Waals surface area contributed by atoms with Crippen molar-refractivity contribution in [3.05, 3.63) is 12.7 Å². The lowest BCUT2D eigenvalue weighted by Gasteiger charge is -1.85. The zero-order valence-corrected chi connectivity index (χ0v) is 5.58. The van der Waals surface area contributed by atoms with Crippen LogP contribution < -0.4 is 5.73 Å². The molecule has 1 saturated heterocycles. The molecule has 1 aliphatic heterocycles. The zero-order chi connectivity index (χ0) is 7.28. The van der Waals surface area contributed by atoms with Crippen LogP contribution >= 0.6 is 0 Å². The lowest BCUT2D eigenvalue weighted by atomic mass is 10.6. The zero-order valence-electron chi connectivity index (χ0n) is 5.58. The van der Waals surface area contributed by atoms with Crippen molar-refractivity contribution in [3.8, 4) is 0 Å². The maximum Gasteiger partial charge on any atom is 0.121 e. The van der Waals surface area contributed by atoms with Crippen LogP contribution in [0.5, 0.6) is 0 Å². The molecule has 1 rings (SSSR count). The molecule has 0 aromatic carbocycles. The minimum atomic E-state index is -0.852. The summed E-state index contributed by atoms with van der Waals surface area (Å²) in [5.74, 6) is 0. The third-order valence-corrected chi connectivity index (χ3v) is 0.741. The predicted octanol–water partition coefficient (Wildman–Crippen LogP) is -0.145. The van der Waals surface area contributed by atoms with Crippen molar-refractivity contribution in [1.29, 1.82) is 0 Å². The topological polar surface area (TPSA) is 58.8 Å². The van der Waals surface area contributed by atoms with Gasteiger partial charge in [0.05, 0.1) is 12.7 Å². The Balaban J connectivity index is 0.000000144. The molecular weight excluding hydrogens is 118 g/mol. The Bertz CT molecular complexity index is 79.1. The molecule has 0 spiro atoms. The summed E-state index contributed by atoms with van der Waals surface area (Å²) >= 11 is 0. The Morgan fingerprint density at radius 3 is 2.22 bits per heavy atom. The number of nitrogens with two attached hydrogens (primary N) is 1. The van der Waals surface area contributed by atoms with Gasteiger partial charge in [0.2, 0.25) is 0 Å². The molecule has 0 saturated carbocycles. The minimum Gasteiger partial charge on any atom is -0.375 e. The first-order valence-electron chi connectivity index (χ1n) is 2.84. The largest absolute Gasteiger partial charge is 0.375 e. The predicted molar refractivity (Wildman–Crippen MR) is 35.8 cm³/mol. The standard InChI is InChI=1S/C3H7NO.C3H6O/c1-2-3(4)5;1-3-2-4-3/h2-3,5H,1,4H2;3H,2H2,1H3. The van der Waals surface area contributed by atoms with Gasteiger partial charge in [-0.15, -0.1) is 0 Å². The molecule has 2 atom stereocenters. The van der Waals surface area contributed by atoms with Gasteiger partial charge in [-0.05, 0) is 13.0 Å². The van der Waals surface area contributed by atoms with Gasteiger partial charge >= 0.3 is 0 Å². The number of hydrogen-bond acceptors (Lipinski definition) is 3. The number of hydrogen-bond donors (Lipinski definition) is 2. The Morgan fingerprint density at radius 1 is 2.00 bits per heavy atom. The summed E-state index contributed by atoms with van der Waals surface area (Å²) in [5, 5.41) is 8.02. The van der Waals surface area contributed by atoms with Crippen molar-refractivity contribution in [2.45, 2.75) is 19.3 Å². The van der Waals surface area contributed by atoms with Gasteiger partial charge < -0.3 is 15.6 Å². The third kappa shape index (κ3) is 11.3. The molecule has 0 aromatic rings. The van der Waals surface area contributed by atoms with Crippen LogP contribution in [-0.2, 0) is 4.74 Å². The monoisotopic (exact) mass is 131 g/mol. The fourth-order valence-corrected chi connectivity index (χ4v) is 0.0962. The average Bonchev–Trinajstić information content (AvgIpc) is 2.53. The van der Waals surface area contributed by atoms with E-state index in [0.717, 1.165) is 6.61 Å². The van der Waals surface area contributed by atoms with Crippen LogP contribution in [0.1, 0.15) is 6.92 Å². The van der Waals surface area contributed by atoms with E-state index in [9.17, 15) is 0 Å². The first-order chi connectivity index (χ1) is 4.16. The van der Waals surface area contributed by atoms with Gasteiger partial charge in [-0.1, -0.05) is 6.58 Å². The number of ether oxygens (including phenoxy) is 1. The molecule has 0 aromatic heterocycles. The molecule has 1 heterocycles. The normalized spacial score (nSPS) is 25.4. The maximum absolute atomic E-state index is 8.02. The van der Waals surface area contributed by atoms with Gasteiger partial charge in [-0.25, -0.2) is 0 Å². The summed E-state index contributed by atoms with van der Waals surface area (Å²) in [4.78, 5) is 0. The quantitative estimate of drug-likeness (QED) is 0.296. The van der Waals surface area contributed by atoms with Crippen LogP contribution in [0.25, 0.3) is 0 Å². The summed E-state index contributed by atoms with van der Waals surface area (Å²) in [6.07, 6.45) is 0.981. The van der Waals surface area contributed by atoms with E-state index in [2.05, 4.69) is 13.5 Å². The third-order valence-electron chi connectivity index (χ3n) is 0.741. The molecule has 1 fully saturated rings. The molecule has 3 nitrogen and oxygen atoms in total. The second-order valence-corrected chi connectivity index (χ2v) is 1.87. The Morgan fingerprint density at radius 2 is 2.22 bits per heavy atom. The van der Waals surface area contributed by atoms with Crippen LogP contribution in [-0.4, -0.2) is 24.0 Å². The van der Waals surface area contributed by atoms with Crippen LogP contribution in [0.15, 0.2) is 12.7 Å². The summed E-state index contributed by atoms with van der Waals surface area (Å²) in [5.41, 5.74) is 4.73. The lowest BCUT2D eigenvalue weighted by Crippen LogP contribution is -2.13. The van der Waals surface area contributed by atoms with Crippen molar-refractivity contribution in [3.63, 3.8) is 0 Å². The molecule has 9 heavy (non-hydrogen) atoms. The van der Waals surface area contributed by atoms with E-state index in [0.29, 0.717) is 6.10 Å². The van der Waals surface area contributed by atoms with Gasteiger partial charge in [-0.3, -0.25) is 0 Å². The molecule has 2 unspecified atom stereocenters. The SMILES string of the molecule is C=CC(N)O.CC1CO1. The van der Waals surface area contributed by atoms with E-state index >= 15 is 0 Å². The molecule has 3 heteroatoms. The molecule has 0 amide bonds. The minimum absolute atomic E-state index is 0.583. The molecule has 0 aliphatic carbocycles. The summed E-state index contributed by atoms with van der Waals surface area (Å²) in [6, 6.07) is 0. The van der Waals surface area contributed by atoms with Crippen LogP contribution in [0.3, 0.4) is 0 Å².